The predicted molar refractivity (Wildman–Crippen MR) is 90.0 cm³/mol. The lowest BCUT2D eigenvalue weighted by Crippen LogP contribution is -2.06. The molecule has 0 unspecified atom stereocenters. The molecule has 2 aromatic carbocycles. The van der Waals surface area contributed by atoms with E-state index in [9.17, 15) is 15.3 Å². The Morgan fingerprint density at radius 2 is 1.64 bits per heavy atom. The molecule has 0 radical (unpaired) electrons. The van der Waals surface area contributed by atoms with Crippen LogP contribution in [0.3, 0.4) is 0 Å². The first-order valence-corrected chi connectivity index (χ1v) is 7.04. The highest BCUT2D eigenvalue weighted by Gasteiger charge is 2.12. The SMILES string of the molecule is Cc1ccc(CCc2c(CCN)ccc(O)c2O)cc1O.Cl. The number of aryl methyl sites for hydroxylation is 2. The number of phenolic OH excluding ortho intramolecular Hbond substituents is 3. The van der Waals surface area contributed by atoms with Crippen molar-refractivity contribution in [1.29, 1.82) is 0 Å². The fourth-order valence-corrected chi connectivity index (χ4v) is 2.41. The van der Waals surface area contributed by atoms with E-state index in [0.717, 1.165) is 22.3 Å². The molecule has 2 rings (SSSR count). The van der Waals surface area contributed by atoms with Crippen molar-refractivity contribution >= 4 is 12.4 Å². The number of hydrogen-bond acceptors (Lipinski definition) is 4. The van der Waals surface area contributed by atoms with E-state index in [4.69, 9.17) is 5.73 Å². The van der Waals surface area contributed by atoms with Crippen molar-refractivity contribution in [3.05, 3.63) is 52.6 Å². The Balaban J connectivity index is 0.00000242. The van der Waals surface area contributed by atoms with Gasteiger partial charge in [-0.2, -0.15) is 0 Å². The monoisotopic (exact) mass is 323 g/mol. The third-order valence-corrected chi connectivity index (χ3v) is 3.71. The van der Waals surface area contributed by atoms with Crippen molar-refractivity contribution in [2.24, 2.45) is 5.73 Å². The van der Waals surface area contributed by atoms with Gasteiger partial charge in [-0.1, -0.05) is 18.2 Å². The zero-order chi connectivity index (χ0) is 15.4. The topological polar surface area (TPSA) is 86.7 Å². The minimum Gasteiger partial charge on any atom is -0.508 e. The van der Waals surface area contributed by atoms with Crippen molar-refractivity contribution in [2.45, 2.75) is 26.2 Å². The van der Waals surface area contributed by atoms with Crippen molar-refractivity contribution < 1.29 is 15.3 Å². The molecule has 0 aliphatic heterocycles. The first-order valence-electron chi connectivity index (χ1n) is 7.04. The van der Waals surface area contributed by atoms with Crippen molar-refractivity contribution in [1.82, 2.24) is 0 Å². The molecule has 22 heavy (non-hydrogen) atoms. The molecule has 0 amide bonds. The van der Waals surface area contributed by atoms with E-state index in [-0.39, 0.29) is 29.7 Å². The highest BCUT2D eigenvalue weighted by molar-refractivity contribution is 5.85. The molecule has 5 N–H and O–H groups in total. The number of aromatic hydroxyl groups is 3. The molecule has 0 saturated carbocycles. The van der Waals surface area contributed by atoms with E-state index in [1.807, 2.05) is 19.1 Å². The molecular formula is C17H22ClNO3. The maximum Gasteiger partial charge on any atom is 0.160 e. The van der Waals surface area contributed by atoms with Crippen LogP contribution in [-0.4, -0.2) is 21.9 Å². The van der Waals surface area contributed by atoms with Gasteiger partial charge in [0.15, 0.2) is 11.5 Å². The van der Waals surface area contributed by atoms with E-state index < -0.39 is 0 Å². The van der Waals surface area contributed by atoms with Crippen LogP contribution in [0.4, 0.5) is 0 Å². The van der Waals surface area contributed by atoms with E-state index in [1.165, 1.54) is 6.07 Å². The van der Waals surface area contributed by atoms with E-state index in [0.29, 0.717) is 25.8 Å². The predicted octanol–water partition coefficient (Wildman–Crippen LogP) is 2.82. The molecule has 0 spiro atoms. The van der Waals surface area contributed by atoms with Gasteiger partial charge in [-0.25, -0.2) is 0 Å². The summed E-state index contributed by atoms with van der Waals surface area (Å²) >= 11 is 0. The maximum absolute atomic E-state index is 10.0. The van der Waals surface area contributed by atoms with Crippen LogP contribution >= 0.6 is 12.4 Å². The minimum atomic E-state index is -0.113. The molecule has 0 aromatic heterocycles. The largest absolute Gasteiger partial charge is 0.508 e. The van der Waals surface area contributed by atoms with Crippen LogP contribution in [0.2, 0.25) is 0 Å². The van der Waals surface area contributed by atoms with Crippen molar-refractivity contribution in [3.8, 4) is 17.2 Å². The maximum atomic E-state index is 10.0. The Morgan fingerprint density at radius 1 is 0.909 bits per heavy atom. The Kier molecular flexibility index (Phi) is 6.53. The number of rotatable bonds is 5. The third-order valence-electron chi connectivity index (χ3n) is 3.71. The molecule has 0 bridgehead atoms. The molecule has 0 heterocycles. The van der Waals surface area contributed by atoms with Gasteiger partial charge in [0.25, 0.3) is 0 Å². The number of benzene rings is 2. The van der Waals surface area contributed by atoms with Crippen molar-refractivity contribution in [3.63, 3.8) is 0 Å². The van der Waals surface area contributed by atoms with Crippen LogP contribution in [0.15, 0.2) is 30.3 Å². The summed E-state index contributed by atoms with van der Waals surface area (Å²) in [4.78, 5) is 0. The van der Waals surface area contributed by atoms with Crippen LogP contribution in [0.25, 0.3) is 0 Å². The molecule has 0 atom stereocenters. The van der Waals surface area contributed by atoms with Gasteiger partial charge in [-0.05, 0) is 61.6 Å². The Hall–Kier alpha value is -1.91. The molecule has 4 nitrogen and oxygen atoms in total. The summed E-state index contributed by atoms with van der Waals surface area (Å²) in [6, 6.07) is 8.84. The first kappa shape index (κ1) is 18.1. The third kappa shape index (κ3) is 4.06. The zero-order valence-electron chi connectivity index (χ0n) is 12.5. The van der Waals surface area contributed by atoms with Gasteiger partial charge in [0, 0.05) is 5.56 Å². The standard InChI is InChI=1S/C17H21NO3.ClH/c1-11-2-3-12(10-16(11)20)4-6-14-13(8-9-18)5-7-15(19)17(14)21;/h2-3,5,7,10,19-21H,4,6,8-9,18H2,1H3;1H. The summed E-state index contributed by atoms with van der Waals surface area (Å²) in [6.07, 6.45) is 1.91. The van der Waals surface area contributed by atoms with Crippen molar-refractivity contribution in [2.75, 3.05) is 6.54 Å². The quantitative estimate of drug-likeness (QED) is 0.637. The highest BCUT2D eigenvalue weighted by atomic mass is 35.5. The van der Waals surface area contributed by atoms with Crippen LogP contribution < -0.4 is 5.73 Å². The fraction of sp³-hybridized carbons (Fsp3) is 0.294. The molecule has 5 heteroatoms. The summed E-state index contributed by atoms with van der Waals surface area (Å²) in [7, 11) is 0. The lowest BCUT2D eigenvalue weighted by Gasteiger charge is -2.12. The normalized spacial score (nSPS) is 10.3. The van der Waals surface area contributed by atoms with Gasteiger partial charge < -0.3 is 21.1 Å². The zero-order valence-corrected chi connectivity index (χ0v) is 13.4. The van der Waals surface area contributed by atoms with Crippen LogP contribution in [0.1, 0.15) is 22.3 Å². The van der Waals surface area contributed by atoms with E-state index in [2.05, 4.69) is 0 Å². The minimum absolute atomic E-state index is 0. The average molecular weight is 324 g/mol. The fourth-order valence-electron chi connectivity index (χ4n) is 2.41. The Morgan fingerprint density at radius 3 is 2.27 bits per heavy atom. The molecule has 0 saturated heterocycles. The second kappa shape index (κ2) is 7.92. The average Bonchev–Trinajstić information content (AvgIpc) is 2.46. The smallest absolute Gasteiger partial charge is 0.160 e. The lowest BCUT2D eigenvalue weighted by atomic mass is 9.96. The van der Waals surface area contributed by atoms with Gasteiger partial charge in [0.05, 0.1) is 0 Å². The molecule has 0 aliphatic rings. The summed E-state index contributed by atoms with van der Waals surface area (Å²) in [5, 5.41) is 29.4. The van der Waals surface area contributed by atoms with Gasteiger partial charge >= 0.3 is 0 Å². The number of phenols is 3. The molecule has 2 aromatic rings. The number of nitrogens with two attached hydrogens (primary N) is 1. The van der Waals surface area contributed by atoms with Crippen LogP contribution in [0.5, 0.6) is 17.2 Å². The van der Waals surface area contributed by atoms with Crippen LogP contribution in [-0.2, 0) is 19.3 Å². The second-order valence-corrected chi connectivity index (χ2v) is 5.23. The molecular weight excluding hydrogens is 302 g/mol. The first-order chi connectivity index (χ1) is 10.0. The Labute approximate surface area is 136 Å². The number of halogens is 1. The van der Waals surface area contributed by atoms with Crippen LogP contribution in [0, 0.1) is 6.92 Å². The molecule has 0 fully saturated rings. The van der Waals surface area contributed by atoms with Gasteiger partial charge in [0.1, 0.15) is 5.75 Å². The molecule has 0 aliphatic carbocycles. The number of hydrogen-bond donors (Lipinski definition) is 4. The summed E-state index contributed by atoms with van der Waals surface area (Å²) in [5.41, 5.74) is 9.08. The van der Waals surface area contributed by atoms with Gasteiger partial charge in [0.2, 0.25) is 0 Å². The van der Waals surface area contributed by atoms with E-state index >= 15 is 0 Å². The summed E-state index contributed by atoms with van der Waals surface area (Å²) in [6.45, 7) is 2.34. The second-order valence-electron chi connectivity index (χ2n) is 5.23. The summed E-state index contributed by atoms with van der Waals surface area (Å²) in [5.74, 6) is 0.0876. The van der Waals surface area contributed by atoms with Gasteiger partial charge in [-0.15, -0.1) is 12.4 Å². The highest BCUT2D eigenvalue weighted by Crippen LogP contribution is 2.32. The van der Waals surface area contributed by atoms with E-state index in [1.54, 1.807) is 12.1 Å². The lowest BCUT2D eigenvalue weighted by molar-refractivity contribution is 0.398. The summed E-state index contributed by atoms with van der Waals surface area (Å²) < 4.78 is 0. The molecule has 120 valence electrons. The van der Waals surface area contributed by atoms with Gasteiger partial charge in [-0.3, -0.25) is 0 Å². The Bertz CT molecular complexity index is 644.